The van der Waals surface area contributed by atoms with Gasteiger partial charge >= 0.3 is 0 Å². The molecule has 1 fully saturated rings. The first-order chi connectivity index (χ1) is 15.2. The van der Waals surface area contributed by atoms with Crippen LogP contribution in [0.3, 0.4) is 0 Å². The van der Waals surface area contributed by atoms with Crippen LogP contribution in [0.15, 0.2) is 18.2 Å². The van der Waals surface area contributed by atoms with Crippen LogP contribution in [0.25, 0.3) is 0 Å². The molecule has 2 aliphatic rings. The number of carbonyl (C=O) groups is 1. The molecular weight excluding hydrogens is 426 g/mol. The van der Waals surface area contributed by atoms with Crippen LogP contribution in [0.2, 0.25) is 0 Å². The average molecular weight is 451 g/mol. The third kappa shape index (κ3) is 4.15. The van der Waals surface area contributed by atoms with Gasteiger partial charge in [-0.15, -0.1) is 0 Å². The van der Waals surface area contributed by atoms with E-state index in [0.717, 1.165) is 6.07 Å². The maximum Gasteiger partial charge on any atom is 0.266 e. The van der Waals surface area contributed by atoms with Gasteiger partial charge in [0.15, 0.2) is 5.67 Å². The summed E-state index contributed by atoms with van der Waals surface area (Å²) >= 11 is 0. The minimum atomic E-state index is -2.92. The molecule has 0 aliphatic carbocycles. The van der Waals surface area contributed by atoms with Crippen molar-refractivity contribution < 1.29 is 22.4 Å². The molecule has 1 aromatic carbocycles. The number of rotatable bonds is 5. The molecule has 1 aromatic heterocycles. The number of anilines is 1. The number of alkyl halides is 3. The van der Waals surface area contributed by atoms with Gasteiger partial charge in [0.25, 0.3) is 12.3 Å². The third-order valence-electron chi connectivity index (χ3n) is 6.07. The Bertz CT molecular complexity index is 1030. The number of nitrogens with zero attached hydrogens (tertiary/aromatic N) is 3. The van der Waals surface area contributed by atoms with Crippen LogP contribution in [0.4, 0.5) is 23.4 Å². The Morgan fingerprint density at radius 3 is 2.56 bits per heavy atom. The molecule has 32 heavy (non-hydrogen) atoms. The van der Waals surface area contributed by atoms with Crippen molar-refractivity contribution in [1.82, 2.24) is 20.2 Å². The summed E-state index contributed by atoms with van der Waals surface area (Å²) in [6.45, 7) is 4.49. The van der Waals surface area contributed by atoms with Gasteiger partial charge in [0.2, 0.25) is 0 Å². The standard InChI is InChI=1S/C22H25F4N5O/c1-12(14-4-3-5-15(18(14)23)19(24)25)28-20-16-10-31(11-17(16)29-13(2)30-20)21(32)22(26)6-8-27-9-7-22/h3-5,12,19,27H,6-11H2,1-2H3,(H,28,29,30)/t12-/m1/s1. The molecule has 0 spiro atoms. The summed E-state index contributed by atoms with van der Waals surface area (Å²) in [4.78, 5) is 23.1. The van der Waals surface area contributed by atoms with Crippen molar-refractivity contribution in [2.24, 2.45) is 0 Å². The number of piperidine rings is 1. The van der Waals surface area contributed by atoms with E-state index in [-0.39, 0.29) is 31.5 Å². The fraction of sp³-hybridized carbons (Fsp3) is 0.500. The largest absolute Gasteiger partial charge is 0.363 e. The van der Waals surface area contributed by atoms with Gasteiger partial charge in [-0.05, 0) is 26.9 Å². The molecule has 172 valence electrons. The Labute approximate surface area is 183 Å². The van der Waals surface area contributed by atoms with Crippen molar-refractivity contribution in [3.63, 3.8) is 0 Å². The number of hydrogen-bond donors (Lipinski definition) is 2. The second-order valence-corrected chi connectivity index (χ2v) is 8.34. The Kier molecular flexibility index (Phi) is 6.07. The molecule has 10 heteroatoms. The van der Waals surface area contributed by atoms with Crippen LogP contribution in [-0.4, -0.2) is 39.5 Å². The first kappa shape index (κ1) is 22.4. The van der Waals surface area contributed by atoms with Crippen LogP contribution in [0.1, 0.15) is 60.4 Å². The first-order valence-corrected chi connectivity index (χ1v) is 10.6. The summed E-state index contributed by atoms with van der Waals surface area (Å²) in [5.41, 5.74) is -1.27. The number of aromatic nitrogens is 2. The molecule has 0 radical (unpaired) electrons. The van der Waals surface area contributed by atoms with Gasteiger partial charge in [-0.2, -0.15) is 0 Å². The minimum absolute atomic E-state index is 0.0798. The number of nitrogens with one attached hydrogen (secondary N) is 2. The Balaban J connectivity index is 1.57. The Hall–Kier alpha value is -2.75. The lowest BCUT2D eigenvalue weighted by Gasteiger charge is -2.32. The van der Waals surface area contributed by atoms with Gasteiger partial charge in [0, 0.05) is 24.0 Å². The molecule has 1 atom stereocenters. The Morgan fingerprint density at radius 2 is 1.88 bits per heavy atom. The average Bonchev–Trinajstić information content (AvgIpc) is 3.17. The number of carbonyl (C=O) groups excluding carboxylic acids is 1. The summed E-state index contributed by atoms with van der Waals surface area (Å²) in [5.74, 6) is -0.710. The Morgan fingerprint density at radius 1 is 1.19 bits per heavy atom. The molecule has 2 aromatic rings. The van der Waals surface area contributed by atoms with Crippen LogP contribution >= 0.6 is 0 Å². The molecule has 4 rings (SSSR count). The minimum Gasteiger partial charge on any atom is -0.363 e. The summed E-state index contributed by atoms with van der Waals surface area (Å²) in [7, 11) is 0. The zero-order valence-electron chi connectivity index (χ0n) is 17.9. The normalized spacial score (nSPS) is 18.5. The molecular formula is C22H25F4N5O. The quantitative estimate of drug-likeness (QED) is 0.674. The predicted octanol–water partition coefficient (Wildman–Crippen LogP) is 3.97. The monoisotopic (exact) mass is 451 g/mol. The topological polar surface area (TPSA) is 70.2 Å². The van der Waals surface area contributed by atoms with E-state index in [0.29, 0.717) is 36.0 Å². The van der Waals surface area contributed by atoms with E-state index in [1.807, 2.05) is 0 Å². The van der Waals surface area contributed by atoms with Crippen molar-refractivity contribution in [2.75, 3.05) is 18.4 Å². The van der Waals surface area contributed by atoms with E-state index in [4.69, 9.17) is 0 Å². The maximum absolute atomic E-state index is 15.2. The van der Waals surface area contributed by atoms with E-state index < -0.39 is 35.4 Å². The number of fused-ring (bicyclic) bond motifs is 1. The highest BCUT2D eigenvalue weighted by Crippen LogP contribution is 2.35. The van der Waals surface area contributed by atoms with Gasteiger partial charge in [-0.1, -0.05) is 18.2 Å². The van der Waals surface area contributed by atoms with Crippen molar-refractivity contribution in [3.8, 4) is 0 Å². The summed E-state index contributed by atoms with van der Waals surface area (Å²) in [5, 5.41) is 6.13. The van der Waals surface area contributed by atoms with Crippen molar-refractivity contribution in [1.29, 1.82) is 0 Å². The molecule has 2 aliphatic heterocycles. The molecule has 0 saturated carbocycles. The van der Waals surface area contributed by atoms with E-state index in [2.05, 4.69) is 20.6 Å². The second kappa shape index (κ2) is 8.65. The van der Waals surface area contributed by atoms with Crippen molar-refractivity contribution in [2.45, 2.75) is 57.9 Å². The summed E-state index contributed by atoms with van der Waals surface area (Å²) in [6.07, 6.45) is -2.69. The predicted molar refractivity (Wildman–Crippen MR) is 110 cm³/mol. The van der Waals surface area contributed by atoms with E-state index >= 15 is 4.39 Å². The first-order valence-electron chi connectivity index (χ1n) is 10.6. The molecule has 3 heterocycles. The smallest absolute Gasteiger partial charge is 0.266 e. The number of hydrogen-bond acceptors (Lipinski definition) is 5. The van der Waals surface area contributed by atoms with Crippen LogP contribution in [0.5, 0.6) is 0 Å². The van der Waals surface area contributed by atoms with Crippen LogP contribution in [-0.2, 0) is 17.9 Å². The number of amides is 1. The van der Waals surface area contributed by atoms with Gasteiger partial charge in [-0.3, -0.25) is 4.79 Å². The molecule has 0 bridgehead atoms. The molecule has 6 nitrogen and oxygen atoms in total. The molecule has 2 N–H and O–H groups in total. The van der Waals surface area contributed by atoms with E-state index in [1.165, 1.54) is 17.0 Å². The molecule has 0 unspecified atom stereocenters. The molecule has 1 amide bonds. The molecule has 1 saturated heterocycles. The zero-order valence-corrected chi connectivity index (χ0v) is 17.9. The third-order valence-corrected chi connectivity index (χ3v) is 6.07. The zero-order chi connectivity index (χ0) is 23.0. The van der Waals surface area contributed by atoms with Crippen LogP contribution < -0.4 is 10.6 Å². The lowest BCUT2D eigenvalue weighted by Crippen LogP contribution is -2.50. The SMILES string of the molecule is Cc1nc2c(c(N[C@H](C)c3cccc(C(F)F)c3F)n1)CN(C(=O)C1(F)CCNCC1)C2. The van der Waals surface area contributed by atoms with Crippen molar-refractivity contribution >= 4 is 11.7 Å². The van der Waals surface area contributed by atoms with Gasteiger partial charge in [0.1, 0.15) is 17.5 Å². The van der Waals surface area contributed by atoms with Crippen molar-refractivity contribution in [3.05, 3.63) is 52.2 Å². The van der Waals surface area contributed by atoms with E-state index in [9.17, 15) is 18.0 Å². The maximum atomic E-state index is 15.2. The summed E-state index contributed by atoms with van der Waals surface area (Å²) in [6, 6.07) is 3.20. The van der Waals surface area contributed by atoms with Gasteiger partial charge in [-0.25, -0.2) is 27.5 Å². The summed E-state index contributed by atoms with van der Waals surface area (Å²) < 4.78 is 56.0. The highest BCUT2D eigenvalue weighted by atomic mass is 19.3. The van der Waals surface area contributed by atoms with Crippen LogP contribution in [0, 0.1) is 12.7 Å². The van der Waals surface area contributed by atoms with E-state index in [1.54, 1.807) is 13.8 Å². The lowest BCUT2D eigenvalue weighted by molar-refractivity contribution is -0.146. The number of aryl methyl sites for hydroxylation is 1. The fourth-order valence-electron chi connectivity index (χ4n) is 4.32. The fourth-order valence-corrected chi connectivity index (χ4v) is 4.32. The second-order valence-electron chi connectivity index (χ2n) is 8.34. The van der Waals surface area contributed by atoms with Gasteiger partial charge in [0.05, 0.1) is 30.4 Å². The highest BCUT2D eigenvalue weighted by Gasteiger charge is 2.44. The number of halogens is 4. The lowest BCUT2D eigenvalue weighted by atomic mass is 9.93. The number of benzene rings is 1. The highest BCUT2D eigenvalue weighted by molar-refractivity contribution is 5.86. The van der Waals surface area contributed by atoms with Gasteiger partial charge < -0.3 is 15.5 Å².